The van der Waals surface area contributed by atoms with Gasteiger partial charge in [-0.15, -0.1) is 0 Å². The van der Waals surface area contributed by atoms with Crippen LogP contribution in [0.2, 0.25) is 0 Å². The predicted molar refractivity (Wildman–Crippen MR) is 120 cm³/mol. The first-order valence-electron chi connectivity index (χ1n) is 10.00. The topological polar surface area (TPSA) is 56.6 Å². The summed E-state index contributed by atoms with van der Waals surface area (Å²) in [5, 5.41) is 0. The Morgan fingerprint density at radius 2 is 1.65 bits per heavy atom. The van der Waals surface area contributed by atoms with E-state index in [1.54, 1.807) is 31.7 Å². The van der Waals surface area contributed by atoms with E-state index >= 15 is 0 Å². The third kappa shape index (κ3) is 5.30. The van der Waals surface area contributed by atoms with Gasteiger partial charge in [-0.1, -0.05) is 30.3 Å². The average Bonchev–Trinajstić information content (AvgIpc) is 3.36. The molecule has 1 heterocycles. The third-order valence-electron chi connectivity index (χ3n) is 4.84. The Bertz CT molecular complexity index is 1090. The summed E-state index contributed by atoms with van der Waals surface area (Å²) in [6.07, 6.45) is 5.73. The number of carbonyl (C=O) groups excluding carboxylic acids is 1. The molecular weight excluding hydrogens is 390 g/mol. The molecule has 0 saturated heterocycles. The smallest absolute Gasteiger partial charge is 0.419 e. The van der Waals surface area contributed by atoms with Crippen LogP contribution in [0.4, 0.5) is 10.5 Å². The van der Waals surface area contributed by atoms with Crippen molar-refractivity contribution in [2.24, 2.45) is 0 Å². The molecule has 0 N–H and O–H groups in total. The number of imidazole rings is 1. The summed E-state index contributed by atoms with van der Waals surface area (Å²) in [6.45, 7) is 0.556. The van der Waals surface area contributed by atoms with Crippen molar-refractivity contribution < 1.29 is 14.3 Å². The fourth-order valence-corrected chi connectivity index (χ4v) is 3.06. The summed E-state index contributed by atoms with van der Waals surface area (Å²) in [5.74, 6) is 1.32. The van der Waals surface area contributed by atoms with E-state index in [-0.39, 0.29) is 0 Å². The minimum absolute atomic E-state index is 0.429. The maximum absolute atomic E-state index is 12.3. The molecule has 4 aromatic rings. The van der Waals surface area contributed by atoms with Crippen molar-refractivity contribution in [2.75, 3.05) is 18.6 Å². The number of carbonyl (C=O) groups is 1. The molecule has 0 saturated carbocycles. The lowest BCUT2D eigenvalue weighted by Gasteiger charge is -2.16. The van der Waals surface area contributed by atoms with Gasteiger partial charge in [0.05, 0.1) is 12.9 Å². The summed E-state index contributed by atoms with van der Waals surface area (Å²) >= 11 is 0. The molecule has 0 bridgehead atoms. The Morgan fingerprint density at radius 1 is 0.935 bits per heavy atom. The first-order valence-corrected chi connectivity index (χ1v) is 10.00. The number of anilines is 1. The molecule has 31 heavy (non-hydrogen) atoms. The van der Waals surface area contributed by atoms with Gasteiger partial charge in [-0.05, 0) is 54.1 Å². The van der Waals surface area contributed by atoms with Crippen LogP contribution in [-0.4, -0.2) is 29.3 Å². The molecule has 0 fully saturated rings. The van der Waals surface area contributed by atoms with Crippen LogP contribution in [0.25, 0.3) is 5.69 Å². The Morgan fingerprint density at radius 3 is 2.32 bits per heavy atom. The number of benzene rings is 3. The number of rotatable bonds is 7. The van der Waals surface area contributed by atoms with Crippen molar-refractivity contribution in [2.45, 2.75) is 6.42 Å². The zero-order valence-electron chi connectivity index (χ0n) is 17.2. The minimum atomic E-state index is -0.429. The Balaban J connectivity index is 1.25. The highest BCUT2D eigenvalue weighted by atomic mass is 16.6. The standard InChI is InChI=1S/C25H23N3O3/c1-27(21-5-3-2-4-6-21)25(29)31-24-11-7-20(8-12-24)15-18-30-23-13-9-22(10-14-23)28-17-16-26-19-28/h2-14,16-17,19H,15,18H2,1H3. The molecule has 4 rings (SSSR count). The predicted octanol–water partition coefficient (Wildman–Crippen LogP) is 5.13. The summed E-state index contributed by atoms with van der Waals surface area (Å²) in [7, 11) is 1.69. The third-order valence-corrected chi connectivity index (χ3v) is 4.84. The number of hydrogen-bond acceptors (Lipinski definition) is 4. The molecule has 0 spiro atoms. The lowest BCUT2D eigenvalue weighted by atomic mass is 10.1. The van der Waals surface area contributed by atoms with E-state index in [1.165, 1.54) is 4.90 Å². The van der Waals surface area contributed by atoms with E-state index in [9.17, 15) is 4.79 Å². The Kier molecular flexibility index (Phi) is 6.28. The van der Waals surface area contributed by atoms with Gasteiger partial charge in [0.25, 0.3) is 0 Å². The lowest BCUT2D eigenvalue weighted by Crippen LogP contribution is -2.29. The van der Waals surface area contributed by atoms with Gasteiger partial charge in [-0.3, -0.25) is 4.90 Å². The largest absolute Gasteiger partial charge is 0.493 e. The first-order chi connectivity index (χ1) is 15.2. The second-order valence-electron chi connectivity index (χ2n) is 6.97. The minimum Gasteiger partial charge on any atom is -0.493 e. The monoisotopic (exact) mass is 413 g/mol. The van der Waals surface area contributed by atoms with Gasteiger partial charge in [-0.25, -0.2) is 9.78 Å². The van der Waals surface area contributed by atoms with Crippen LogP contribution in [-0.2, 0) is 6.42 Å². The second-order valence-corrected chi connectivity index (χ2v) is 6.97. The molecule has 0 aliphatic heterocycles. The zero-order chi connectivity index (χ0) is 21.5. The molecule has 3 aromatic carbocycles. The highest BCUT2D eigenvalue weighted by Gasteiger charge is 2.12. The van der Waals surface area contributed by atoms with Gasteiger partial charge >= 0.3 is 6.09 Å². The van der Waals surface area contributed by atoms with Gasteiger partial charge < -0.3 is 14.0 Å². The first kappa shape index (κ1) is 20.2. The summed E-state index contributed by atoms with van der Waals surface area (Å²) in [6, 6.07) is 24.7. The van der Waals surface area contributed by atoms with Crippen LogP contribution in [0.1, 0.15) is 5.56 Å². The van der Waals surface area contributed by atoms with Crippen molar-refractivity contribution >= 4 is 11.8 Å². The molecule has 0 aliphatic carbocycles. The lowest BCUT2D eigenvalue weighted by molar-refractivity contribution is 0.209. The van der Waals surface area contributed by atoms with Crippen molar-refractivity contribution in [3.8, 4) is 17.2 Å². The van der Waals surface area contributed by atoms with E-state index in [4.69, 9.17) is 9.47 Å². The number of para-hydroxylation sites is 1. The van der Waals surface area contributed by atoms with E-state index in [0.717, 1.165) is 29.1 Å². The molecule has 0 aliphatic rings. The zero-order valence-corrected chi connectivity index (χ0v) is 17.2. The fraction of sp³-hybridized carbons (Fsp3) is 0.120. The molecule has 0 radical (unpaired) electrons. The molecule has 6 nitrogen and oxygen atoms in total. The van der Waals surface area contributed by atoms with Gasteiger partial charge in [0.1, 0.15) is 11.5 Å². The highest BCUT2D eigenvalue weighted by molar-refractivity contribution is 5.88. The van der Waals surface area contributed by atoms with E-state index in [0.29, 0.717) is 12.4 Å². The number of amides is 1. The molecule has 0 unspecified atom stereocenters. The number of hydrogen-bond donors (Lipinski definition) is 0. The Hall–Kier alpha value is -4.06. The number of nitrogens with zero attached hydrogens (tertiary/aromatic N) is 3. The van der Waals surface area contributed by atoms with Crippen molar-refractivity contribution in [1.29, 1.82) is 0 Å². The summed E-state index contributed by atoms with van der Waals surface area (Å²) in [5.41, 5.74) is 2.92. The molecule has 156 valence electrons. The quantitative estimate of drug-likeness (QED) is 0.422. The maximum atomic E-state index is 12.3. The van der Waals surface area contributed by atoms with Crippen LogP contribution >= 0.6 is 0 Å². The molecule has 0 atom stereocenters. The van der Waals surface area contributed by atoms with E-state index < -0.39 is 6.09 Å². The van der Waals surface area contributed by atoms with Gasteiger partial charge in [0.2, 0.25) is 0 Å². The van der Waals surface area contributed by atoms with E-state index in [1.807, 2.05) is 77.5 Å². The number of aromatic nitrogens is 2. The second kappa shape index (κ2) is 9.63. The number of ether oxygens (including phenoxy) is 2. The van der Waals surface area contributed by atoms with Gasteiger partial charge in [0, 0.05) is 37.2 Å². The van der Waals surface area contributed by atoms with Crippen molar-refractivity contribution in [1.82, 2.24) is 9.55 Å². The van der Waals surface area contributed by atoms with Crippen LogP contribution in [0.5, 0.6) is 11.5 Å². The molecule has 1 aromatic heterocycles. The summed E-state index contributed by atoms with van der Waals surface area (Å²) < 4.78 is 13.2. The SMILES string of the molecule is CN(C(=O)Oc1ccc(CCOc2ccc(-n3ccnc3)cc2)cc1)c1ccccc1. The summed E-state index contributed by atoms with van der Waals surface area (Å²) in [4.78, 5) is 17.8. The van der Waals surface area contributed by atoms with Crippen LogP contribution < -0.4 is 14.4 Å². The normalized spacial score (nSPS) is 10.5. The maximum Gasteiger partial charge on any atom is 0.419 e. The Labute approximate surface area is 181 Å². The van der Waals surface area contributed by atoms with Crippen LogP contribution in [0, 0.1) is 0 Å². The van der Waals surface area contributed by atoms with E-state index in [2.05, 4.69) is 4.98 Å². The average molecular weight is 413 g/mol. The molecule has 1 amide bonds. The molecular formula is C25H23N3O3. The van der Waals surface area contributed by atoms with Crippen LogP contribution in [0.15, 0.2) is 97.6 Å². The molecule has 6 heteroatoms. The fourth-order valence-electron chi connectivity index (χ4n) is 3.06. The van der Waals surface area contributed by atoms with Crippen LogP contribution in [0.3, 0.4) is 0 Å². The van der Waals surface area contributed by atoms with Gasteiger partial charge in [0.15, 0.2) is 0 Å². The van der Waals surface area contributed by atoms with Crippen molar-refractivity contribution in [3.05, 3.63) is 103 Å². The van der Waals surface area contributed by atoms with Gasteiger partial charge in [-0.2, -0.15) is 0 Å². The van der Waals surface area contributed by atoms with Crippen molar-refractivity contribution in [3.63, 3.8) is 0 Å². The highest BCUT2D eigenvalue weighted by Crippen LogP contribution is 2.18.